The second-order valence-corrected chi connectivity index (χ2v) is 5.61. The van der Waals surface area contributed by atoms with Gasteiger partial charge in [-0.15, -0.1) is 0 Å². The lowest BCUT2D eigenvalue weighted by Crippen LogP contribution is -2.36. The minimum absolute atomic E-state index is 0.416. The minimum Gasteiger partial charge on any atom is -0.372 e. The van der Waals surface area contributed by atoms with Gasteiger partial charge < -0.3 is 10.1 Å². The third-order valence-corrected chi connectivity index (χ3v) is 4.17. The fourth-order valence-electron chi connectivity index (χ4n) is 3.01. The maximum Gasteiger partial charge on any atom is 0.0960 e. The average Bonchev–Trinajstić information content (AvgIpc) is 2.79. The maximum absolute atomic E-state index is 6.00. The van der Waals surface area contributed by atoms with Gasteiger partial charge in [-0.25, -0.2) is 0 Å². The van der Waals surface area contributed by atoms with Crippen LogP contribution in [0, 0.1) is 5.92 Å². The molecule has 0 radical (unpaired) electrons. The van der Waals surface area contributed by atoms with Gasteiger partial charge in [-0.2, -0.15) is 5.10 Å². The normalized spacial score (nSPS) is 22.1. The quantitative estimate of drug-likeness (QED) is 0.879. The van der Waals surface area contributed by atoms with E-state index in [0.717, 1.165) is 24.7 Å². The predicted octanol–water partition coefficient (Wildman–Crippen LogP) is 2.57. The third kappa shape index (κ3) is 2.58. The Bertz CT molecular complexity index is 572. The molecule has 2 aromatic rings. The van der Waals surface area contributed by atoms with E-state index in [-0.39, 0.29) is 0 Å². The van der Waals surface area contributed by atoms with Gasteiger partial charge in [0, 0.05) is 11.9 Å². The molecule has 3 rings (SSSR count). The molecule has 0 bridgehead atoms. The topological polar surface area (TPSA) is 39.1 Å². The molecule has 1 aliphatic carbocycles. The Labute approximate surface area is 120 Å². The van der Waals surface area contributed by atoms with Gasteiger partial charge in [0.15, 0.2) is 0 Å². The monoisotopic (exact) mass is 273 g/mol. The van der Waals surface area contributed by atoms with Crippen LogP contribution in [0.3, 0.4) is 0 Å². The highest BCUT2D eigenvalue weighted by atomic mass is 16.5. The van der Waals surface area contributed by atoms with Crippen molar-refractivity contribution >= 4 is 10.9 Å². The van der Waals surface area contributed by atoms with Crippen LogP contribution >= 0.6 is 0 Å². The summed E-state index contributed by atoms with van der Waals surface area (Å²) >= 11 is 0. The average molecular weight is 273 g/mol. The van der Waals surface area contributed by atoms with Crippen molar-refractivity contribution in [1.29, 1.82) is 0 Å². The minimum atomic E-state index is 0.416. The first-order valence-corrected chi connectivity index (χ1v) is 7.52. The molecule has 1 heterocycles. The summed E-state index contributed by atoms with van der Waals surface area (Å²) in [6.07, 6.45) is 2.76. The number of aryl methyl sites for hydroxylation is 1. The Morgan fingerprint density at radius 1 is 1.35 bits per heavy atom. The molecule has 0 spiro atoms. The highest BCUT2D eigenvalue weighted by Gasteiger charge is 2.29. The van der Waals surface area contributed by atoms with Crippen LogP contribution in [0.5, 0.6) is 0 Å². The lowest BCUT2D eigenvalue weighted by Gasteiger charge is -2.34. The number of para-hydroxylation sites is 1. The molecule has 0 atom stereocenters. The second-order valence-electron chi connectivity index (χ2n) is 5.61. The molecule has 1 saturated carbocycles. The van der Waals surface area contributed by atoms with Crippen LogP contribution in [0.15, 0.2) is 24.3 Å². The molecule has 0 amide bonds. The number of ether oxygens (including phenoxy) is 1. The van der Waals surface area contributed by atoms with Crippen molar-refractivity contribution in [2.75, 3.05) is 13.6 Å². The maximum atomic E-state index is 6.00. The van der Waals surface area contributed by atoms with Crippen molar-refractivity contribution in [2.24, 2.45) is 5.92 Å². The lowest BCUT2D eigenvalue weighted by molar-refractivity contribution is -0.0400. The van der Waals surface area contributed by atoms with Gasteiger partial charge in [-0.05, 0) is 45.3 Å². The summed E-state index contributed by atoms with van der Waals surface area (Å²) in [5.74, 6) is 0.787. The molecule has 0 aliphatic heterocycles. The summed E-state index contributed by atoms with van der Waals surface area (Å²) in [6.45, 7) is 4.75. The first kappa shape index (κ1) is 13.6. The van der Waals surface area contributed by atoms with Crippen LogP contribution in [0.1, 0.15) is 25.5 Å². The van der Waals surface area contributed by atoms with Crippen molar-refractivity contribution in [1.82, 2.24) is 15.1 Å². The number of rotatable bonds is 6. The molecule has 4 heteroatoms. The van der Waals surface area contributed by atoms with E-state index >= 15 is 0 Å². The molecule has 1 fully saturated rings. The van der Waals surface area contributed by atoms with Crippen LogP contribution in [0.4, 0.5) is 0 Å². The molecule has 20 heavy (non-hydrogen) atoms. The molecule has 1 aliphatic rings. The van der Waals surface area contributed by atoms with Crippen molar-refractivity contribution < 1.29 is 4.74 Å². The second kappa shape index (κ2) is 5.94. The molecule has 1 N–H and O–H groups in total. The molecule has 1 aromatic carbocycles. The Kier molecular flexibility index (Phi) is 4.03. The SMILES string of the molecule is CCn1nc(COC2CC(CNC)C2)c2ccccc21. The van der Waals surface area contributed by atoms with E-state index in [2.05, 4.69) is 46.3 Å². The highest BCUT2D eigenvalue weighted by Crippen LogP contribution is 2.30. The Hall–Kier alpha value is -1.39. The lowest BCUT2D eigenvalue weighted by atomic mass is 9.82. The number of fused-ring (bicyclic) bond motifs is 1. The van der Waals surface area contributed by atoms with E-state index in [0.29, 0.717) is 12.7 Å². The van der Waals surface area contributed by atoms with Crippen LogP contribution in [0.25, 0.3) is 10.9 Å². The fraction of sp³-hybridized carbons (Fsp3) is 0.562. The van der Waals surface area contributed by atoms with Gasteiger partial charge in [0.25, 0.3) is 0 Å². The smallest absolute Gasteiger partial charge is 0.0960 e. The van der Waals surface area contributed by atoms with E-state index in [4.69, 9.17) is 4.74 Å². The fourth-order valence-corrected chi connectivity index (χ4v) is 3.01. The van der Waals surface area contributed by atoms with Gasteiger partial charge in [0.05, 0.1) is 23.9 Å². The van der Waals surface area contributed by atoms with Gasteiger partial charge >= 0.3 is 0 Å². The van der Waals surface area contributed by atoms with Crippen molar-refractivity contribution in [3.63, 3.8) is 0 Å². The molecule has 4 nitrogen and oxygen atoms in total. The largest absolute Gasteiger partial charge is 0.372 e. The van der Waals surface area contributed by atoms with Gasteiger partial charge in [0.1, 0.15) is 0 Å². The summed E-state index contributed by atoms with van der Waals surface area (Å²) in [4.78, 5) is 0. The van der Waals surface area contributed by atoms with Gasteiger partial charge in [-0.1, -0.05) is 18.2 Å². The van der Waals surface area contributed by atoms with E-state index in [9.17, 15) is 0 Å². The van der Waals surface area contributed by atoms with E-state index < -0.39 is 0 Å². The van der Waals surface area contributed by atoms with Crippen molar-refractivity contribution in [2.45, 2.75) is 39.0 Å². The van der Waals surface area contributed by atoms with Crippen molar-refractivity contribution in [3.8, 4) is 0 Å². The van der Waals surface area contributed by atoms with E-state index in [1.165, 1.54) is 23.7 Å². The Morgan fingerprint density at radius 2 is 2.15 bits per heavy atom. The molecular formula is C16H23N3O. The Balaban J connectivity index is 1.64. The highest BCUT2D eigenvalue weighted by molar-refractivity contribution is 5.81. The Morgan fingerprint density at radius 3 is 2.90 bits per heavy atom. The molecular weight excluding hydrogens is 250 g/mol. The summed E-state index contributed by atoms with van der Waals surface area (Å²) in [5, 5.41) is 9.12. The van der Waals surface area contributed by atoms with Gasteiger partial charge in [0.2, 0.25) is 0 Å². The number of hydrogen-bond donors (Lipinski definition) is 1. The summed E-state index contributed by atoms with van der Waals surface area (Å²) in [6, 6.07) is 8.40. The standard InChI is InChI=1S/C16H23N3O/c1-3-19-16-7-5-4-6-14(16)15(18-19)11-20-13-8-12(9-13)10-17-2/h4-7,12-13,17H,3,8-11H2,1-2H3. The van der Waals surface area contributed by atoms with E-state index in [1.807, 2.05) is 7.05 Å². The zero-order valence-electron chi connectivity index (χ0n) is 12.3. The van der Waals surface area contributed by atoms with Crippen LogP contribution in [0.2, 0.25) is 0 Å². The van der Waals surface area contributed by atoms with Gasteiger partial charge in [-0.3, -0.25) is 4.68 Å². The predicted molar refractivity (Wildman–Crippen MR) is 80.6 cm³/mol. The summed E-state index contributed by atoms with van der Waals surface area (Å²) in [5.41, 5.74) is 2.27. The number of aromatic nitrogens is 2. The van der Waals surface area contributed by atoms with Crippen LogP contribution < -0.4 is 5.32 Å². The van der Waals surface area contributed by atoms with Crippen molar-refractivity contribution in [3.05, 3.63) is 30.0 Å². The number of nitrogens with one attached hydrogen (secondary N) is 1. The number of benzene rings is 1. The molecule has 108 valence electrons. The summed E-state index contributed by atoms with van der Waals surface area (Å²) in [7, 11) is 2.01. The first-order valence-electron chi connectivity index (χ1n) is 7.52. The summed E-state index contributed by atoms with van der Waals surface area (Å²) < 4.78 is 8.06. The van der Waals surface area contributed by atoms with E-state index in [1.54, 1.807) is 0 Å². The molecule has 0 unspecified atom stereocenters. The number of hydrogen-bond acceptors (Lipinski definition) is 3. The molecule has 1 aromatic heterocycles. The zero-order valence-corrected chi connectivity index (χ0v) is 12.3. The first-order chi connectivity index (χ1) is 9.81. The third-order valence-electron chi connectivity index (χ3n) is 4.17. The number of nitrogens with zero attached hydrogens (tertiary/aromatic N) is 2. The van der Waals surface area contributed by atoms with Crippen LogP contribution in [-0.4, -0.2) is 29.5 Å². The zero-order chi connectivity index (χ0) is 13.9. The molecule has 0 saturated heterocycles. The van der Waals surface area contributed by atoms with Crippen LogP contribution in [-0.2, 0) is 17.9 Å².